The Hall–Kier alpha value is -1.80. The van der Waals surface area contributed by atoms with Crippen LogP contribution in [-0.4, -0.2) is 45.7 Å². The first-order valence-corrected chi connectivity index (χ1v) is 7.37. The molecule has 0 bridgehead atoms. The first kappa shape index (κ1) is 13.6. The molecule has 0 aliphatic rings. The number of pyridine rings is 1. The molecule has 102 valence electrons. The zero-order valence-corrected chi connectivity index (χ0v) is 11.3. The van der Waals surface area contributed by atoms with E-state index in [2.05, 4.69) is 20.2 Å². The number of rotatable bonds is 6. The van der Waals surface area contributed by atoms with Crippen LogP contribution in [0.5, 0.6) is 0 Å². The monoisotopic (exact) mass is 281 g/mol. The van der Waals surface area contributed by atoms with Gasteiger partial charge < -0.3 is 0 Å². The average molecular weight is 281 g/mol. The Balaban J connectivity index is 1.94. The van der Waals surface area contributed by atoms with E-state index in [0.717, 1.165) is 5.69 Å². The molecule has 0 saturated heterocycles. The predicted molar refractivity (Wildman–Crippen MR) is 69.6 cm³/mol. The lowest BCUT2D eigenvalue weighted by Gasteiger charge is -2.15. The summed E-state index contributed by atoms with van der Waals surface area (Å²) in [6.07, 6.45) is 3.40. The average Bonchev–Trinajstić information content (AvgIpc) is 2.90. The largest absolute Gasteiger partial charge is 0.262 e. The number of sulfonamides is 1. The maximum Gasteiger partial charge on any atom is 0.214 e. The van der Waals surface area contributed by atoms with Gasteiger partial charge in [0, 0.05) is 25.4 Å². The Morgan fingerprint density at radius 2 is 2.16 bits per heavy atom. The number of aromatic nitrogens is 4. The number of aryl methyl sites for hydroxylation is 1. The van der Waals surface area contributed by atoms with Crippen LogP contribution in [0.4, 0.5) is 0 Å². The lowest BCUT2D eigenvalue weighted by atomic mass is 10.3. The Bertz CT molecular complexity index is 597. The molecule has 0 atom stereocenters. The summed E-state index contributed by atoms with van der Waals surface area (Å²) in [6, 6.07) is 5.45. The highest BCUT2D eigenvalue weighted by atomic mass is 32.2. The molecule has 0 spiro atoms. The van der Waals surface area contributed by atoms with Gasteiger partial charge >= 0.3 is 0 Å². The molecule has 0 unspecified atom stereocenters. The van der Waals surface area contributed by atoms with Crippen molar-refractivity contribution >= 4 is 10.0 Å². The zero-order chi connectivity index (χ0) is 13.7. The van der Waals surface area contributed by atoms with Gasteiger partial charge in [-0.3, -0.25) is 10.1 Å². The van der Waals surface area contributed by atoms with E-state index in [1.54, 1.807) is 12.3 Å². The van der Waals surface area contributed by atoms with E-state index in [1.165, 1.54) is 17.7 Å². The summed E-state index contributed by atoms with van der Waals surface area (Å²) < 4.78 is 25.4. The Kier molecular flexibility index (Phi) is 4.23. The maximum atomic E-state index is 12.1. The lowest BCUT2D eigenvalue weighted by Crippen LogP contribution is -2.30. The van der Waals surface area contributed by atoms with Gasteiger partial charge in [-0.1, -0.05) is 6.07 Å². The third-order valence-corrected chi connectivity index (χ3v) is 4.45. The van der Waals surface area contributed by atoms with Gasteiger partial charge in [-0.25, -0.2) is 13.4 Å². The fourth-order valence-corrected chi connectivity index (χ4v) is 2.65. The van der Waals surface area contributed by atoms with Crippen LogP contribution in [0.15, 0.2) is 30.7 Å². The predicted octanol–water partition coefficient (Wildman–Crippen LogP) is 0.204. The molecule has 0 aliphatic carbocycles. The lowest BCUT2D eigenvalue weighted by molar-refractivity contribution is 0.457. The van der Waals surface area contributed by atoms with E-state index < -0.39 is 10.0 Å². The summed E-state index contributed by atoms with van der Waals surface area (Å²) in [4.78, 5) is 8.01. The topological polar surface area (TPSA) is 91.8 Å². The van der Waals surface area contributed by atoms with Crippen LogP contribution in [0.25, 0.3) is 0 Å². The minimum absolute atomic E-state index is 0.0225. The minimum Gasteiger partial charge on any atom is -0.262 e. The fourth-order valence-electron chi connectivity index (χ4n) is 1.55. The second-order valence-corrected chi connectivity index (χ2v) is 6.27. The van der Waals surface area contributed by atoms with Crippen molar-refractivity contribution in [1.29, 1.82) is 0 Å². The number of nitrogens with one attached hydrogen (secondary N) is 1. The number of H-pyrrole nitrogens is 1. The van der Waals surface area contributed by atoms with Crippen LogP contribution in [0.2, 0.25) is 0 Å². The van der Waals surface area contributed by atoms with Crippen LogP contribution in [0.1, 0.15) is 11.5 Å². The highest BCUT2D eigenvalue weighted by molar-refractivity contribution is 7.89. The summed E-state index contributed by atoms with van der Waals surface area (Å²) in [5.41, 5.74) is 0.763. The van der Waals surface area contributed by atoms with Gasteiger partial charge in [-0.2, -0.15) is 9.40 Å². The molecule has 2 rings (SSSR count). The molecule has 19 heavy (non-hydrogen) atoms. The smallest absolute Gasteiger partial charge is 0.214 e. The van der Waals surface area contributed by atoms with Crippen molar-refractivity contribution < 1.29 is 8.42 Å². The number of hydrogen-bond donors (Lipinski definition) is 1. The highest BCUT2D eigenvalue weighted by Crippen LogP contribution is 2.06. The Labute approximate surface area is 111 Å². The van der Waals surface area contributed by atoms with Gasteiger partial charge in [-0.15, -0.1) is 0 Å². The zero-order valence-electron chi connectivity index (χ0n) is 10.5. The van der Waals surface area contributed by atoms with Crippen LogP contribution in [-0.2, 0) is 23.0 Å². The van der Waals surface area contributed by atoms with E-state index in [9.17, 15) is 8.42 Å². The molecule has 1 N–H and O–H groups in total. The maximum absolute atomic E-state index is 12.1. The molecule has 2 aromatic rings. The Morgan fingerprint density at radius 3 is 2.79 bits per heavy atom. The van der Waals surface area contributed by atoms with E-state index in [1.807, 2.05) is 12.1 Å². The quantitative estimate of drug-likeness (QED) is 0.817. The van der Waals surface area contributed by atoms with Crippen LogP contribution < -0.4 is 0 Å². The molecule has 2 heterocycles. The van der Waals surface area contributed by atoms with Crippen molar-refractivity contribution in [2.24, 2.45) is 0 Å². The number of hydrogen-bond acceptors (Lipinski definition) is 5. The van der Waals surface area contributed by atoms with Gasteiger partial charge in [0.1, 0.15) is 12.2 Å². The third kappa shape index (κ3) is 3.83. The van der Waals surface area contributed by atoms with Crippen LogP contribution in [0.3, 0.4) is 0 Å². The molecule has 2 aromatic heterocycles. The summed E-state index contributed by atoms with van der Waals surface area (Å²) >= 11 is 0. The molecule has 0 saturated carbocycles. The van der Waals surface area contributed by atoms with E-state index in [0.29, 0.717) is 12.2 Å². The van der Waals surface area contributed by atoms with E-state index >= 15 is 0 Å². The first-order chi connectivity index (χ1) is 9.08. The van der Waals surface area contributed by atoms with Crippen LogP contribution in [0, 0.1) is 0 Å². The third-order valence-electron chi connectivity index (χ3n) is 2.65. The standard InChI is InChI=1S/C11H15N5O2S/c1-16(8-11-13-9-14-15-11)19(17,18)7-5-10-4-2-3-6-12-10/h2-4,6,9H,5,7-8H2,1H3,(H,13,14,15). The van der Waals surface area contributed by atoms with Crippen molar-refractivity contribution in [3.8, 4) is 0 Å². The van der Waals surface area contributed by atoms with Crippen molar-refractivity contribution in [1.82, 2.24) is 24.5 Å². The summed E-state index contributed by atoms with van der Waals surface area (Å²) in [6.45, 7) is 0.185. The summed E-state index contributed by atoms with van der Waals surface area (Å²) in [5, 5.41) is 6.32. The molecular formula is C11H15N5O2S. The molecule has 0 amide bonds. The molecule has 0 aliphatic heterocycles. The molecular weight excluding hydrogens is 266 g/mol. The van der Waals surface area contributed by atoms with Gasteiger partial charge in [0.15, 0.2) is 0 Å². The fraction of sp³-hybridized carbons (Fsp3) is 0.364. The SMILES string of the molecule is CN(Cc1ncn[nH]1)S(=O)(=O)CCc1ccccn1. The Morgan fingerprint density at radius 1 is 1.32 bits per heavy atom. The molecule has 0 fully saturated rings. The van der Waals surface area contributed by atoms with Crippen molar-refractivity contribution in [3.63, 3.8) is 0 Å². The number of nitrogens with zero attached hydrogens (tertiary/aromatic N) is 4. The first-order valence-electron chi connectivity index (χ1n) is 5.76. The van der Waals surface area contributed by atoms with Gasteiger partial charge in [-0.05, 0) is 12.1 Å². The molecule has 8 heteroatoms. The van der Waals surface area contributed by atoms with E-state index in [4.69, 9.17) is 0 Å². The second kappa shape index (κ2) is 5.89. The van der Waals surface area contributed by atoms with Gasteiger partial charge in [0.05, 0.1) is 12.3 Å². The van der Waals surface area contributed by atoms with Crippen molar-refractivity contribution in [2.45, 2.75) is 13.0 Å². The molecule has 0 radical (unpaired) electrons. The van der Waals surface area contributed by atoms with Crippen molar-refractivity contribution in [2.75, 3.05) is 12.8 Å². The van der Waals surface area contributed by atoms with Crippen LogP contribution >= 0.6 is 0 Å². The van der Waals surface area contributed by atoms with E-state index in [-0.39, 0.29) is 12.3 Å². The highest BCUT2D eigenvalue weighted by Gasteiger charge is 2.19. The summed E-state index contributed by atoms with van der Waals surface area (Å²) in [7, 11) is -1.80. The van der Waals surface area contributed by atoms with Gasteiger partial charge in [0.2, 0.25) is 10.0 Å². The van der Waals surface area contributed by atoms with Gasteiger partial charge in [0.25, 0.3) is 0 Å². The number of aromatic amines is 1. The minimum atomic E-state index is -3.33. The summed E-state index contributed by atoms with van der Waals surface area (Å²) in [5.74, 6) is 0.540. The van der Waals surface area contributed by atoms with Crippen molar-refractivity contribution in [3.05, 3.63) is 42.2 Å². The normalized spacial score (nSPS) is 11.9. The second-order valence-electron chi connectivity index (χ2n) is 4.08. The molecule has 7 nitrogen and oxygen atoms in total. The molecule has 0 aromatic carbocycles.